The molecule has 3 rings (SSSR count). The number of para-hydroxylation sites is 1. The summed E-state index contributed by atoms with van der Waals surface area (Å²) in [6.45, 7) is 4.80. The Labute approximate surface area is 149 Å². The van der Waals surface area contributed by atoms with Gasteiger partial charge in [0.2, 0.25) is 5.91 Å². The van der Waals surface area contributed by atoms with Crippen molar-refractivity contribution in [1.29, 1.82) is 0 Å². The van der Waals surface area contributed by atoms with Crippen molar-refractivity contribution in [1.82, 2.24) is 10.2 Å². The van der Waals surface area contributed by atoms with E-state index in [1.165, 1.54) is 11.1 Å². The second-order valence-corrected chi connectivity index (χ2v) is 6.50. The van der Waals surface area contributed by atoms with Crippen molar-refractivity contribution in [3.05, 3.63) is 65.7 Å². The zero-order valence-electron chi connectivity index (χ0n) is 14.8. The van der Waals surface area contributed by atoms with Crippen LogP contribution in [0.25, 0.3) is 0 Å². The van der Waals surface area contributed by atoms with E-state index in [1.807, 2.05) is 36.4 Å². The van der Waals surface area contributed by atoms with Gasteiger partial charge < -0.3 is 10.1 Å². The van der Waals surface area contributed by atoms with Crippen LogP contribution in [0.3, 0.4) is 0 Å². The number of aryl methyl sites for hydroxylation is 1. The van der Waals surface area contributed by atoms with E-state index in [1.54, 1.807) is 0 Å². The van der Waals surface area contributed by atoms with Crippen LogP contribution < -0.4 is 10.1 Å². The fraction of sp³-hybridized carbons (Fsp3) is 0.381. The van der Waals surface area contributed by atoms with Gasteiger partial charge in [0.15, 0.2) is 0 Å². The number of benzene rings is 2. The number of rotatable bonds is 7. The lowest BCUT2D eigenvalue weighted by atomic mass is 10.0. The predicted octanol–water partition coefficient (Wildman–Crippen LogP) is 2.67. The maximum absolute atomic E-state index is 12.0. The Morgan fingerprint density at radius 2 is 1.88 bits per heavy atom. The maximum Gasteiger partial charge on any atom is 0.234 e. The minimum Gasteiger partial charge on any atom is -0.492 e. The molecule has 0 unspecified atom stereocenters. The average Bonchev–Trinajstić information content (AvgIpc) is 2.62. The molecular weight excluding hydrogens is 312 g/mol. The highest BCUT2D eigenvalue weighted by Crippen LogP contribution is 2.18. The summed E-state index contributed by atoms with van der Waals surface area (Å²) < 4.78 is 5.95. The molecule has 1 heterocycles. The smallest absolute Gasteiger partial charge is 0.234 e. The Morgan fingerprint density at radius 1 is 1.12 bits per heavy atom. The number of ether oxygens (including phenoxy) is 1. The standard InChI is InChI=1S/C21H26N2O2/c1-2-18-10-6-7-11-20(18)25-13-12-23-15-19(22-21(24)16-23)14-17-8-4-3-5-9-17/h3-11,19H,2,12-16H2,1H3,(H,22,24)/t19-/m0/s1. The fourth-order valence-electron chi connectivity index (χ4n) is 3.30. The summed E-state index contributed by atoms with van der Waals surface area (Å²) in [7, 11) is 0. The van der Waals surface area contributed by atoms with E-state index >= 15 is 0 Å². The summed E-state index contributed by atoms with van der Waals surface area (Å²) in [6, 6.07) is 18.6. The van der Waals surface area contributed by atoms with Crippen molar-refractivity contribution >= 4 is 5.91 Å². The average molecular weight is 338 g/mol. The van der Waals surface area contributed by atoms with Crippen LogP contribution in [0.15, 0.2) is 54.6 Å². The first-order valence-corrected chi connectivity index (χ1v) is 9.01. The zero-order valence-corrected chi connectivity index (χ0v) is 14.8. The van der Waals surface area contributed by atoms with Crippen LogP contribution >= 0.6 is 0 Å². The quantitative estimate of drug-likeness (QED) is 0.844. The Bertz CT molecular complexity index is 687. The van der Waals surface area contributed by atoms with Gasteiger partial charge in [-0.15, -0.1) is 0 Å². The lowest BCUT2D eigenvalue weighted by Gasteiger charge is -2.33. The van der Waals surface area contributed by atoms with Gasteiger partial charge in [0, 0.05) is 19.1 Å². The fourth-order valence-corrected chi connectivity index (χ4v) is 3.30. The first-order valence-electron chi connectivity index (χ1n) is 9.01. The molecule has 1 atom stereocenters. The summed E-state index contributed by atoms with van der Waals surface area (Å²) in [4.78, 5) is 14.2. The van der Waals surface area contributed by atoms with Crippen molar-refractivity contribution in [2.75, 3.05) is 26.2 Å². The van der Waals surface area contributed by atoms with E-state index in [0.717, 1.165) is 31.7 Å². The molecule has 1 aliphatic heterocycles. The lowest BCUT2D eigenvalue weighted by Crippen LogP contribution is -2.55. The minimum absolute atomic E-state index is 0.0983. The third-order valence-electron chi connectivity index (χ3n) is 4.55. The first-order chi connectivity index (χ1) is 12.2. The van der Waals surface area contributed by atoms with Gasteiger partial charge >= 0.3 is 0 Å². The van der Waals surface area contributed by atoms with Crippen molar-refractivity contribution in [2.45, 2.75) is 25.8 Å². The summed E-state index contributed by atoms with van der Waals surface area (Å²) in [5.41, 5.74) is 2.48. The van der Waals surface area contributed by atoms with Crippen molar-refractivity contribution in [3.63, 3.8) is 0 Å². The maximum atomic E-state index is 12.0. The molecule has 0 spiro atoms. The second-order valence-electron chi connectivity index (χ2n) is 6.50. The molecule has 1 aliphatic rings. The second kappa shape index (κ2) is 8.67. The molecule has 132 valence electrons. The molecule has 2 aromatic carbocycles. The van der Waals surface area contributed by atoms with Crippen LogP contribution in [0.1, 0.15) is 18.1 Å². The van der Waals surface area contributed by atoms with Crippen LogP contribution in [-0.4, -0.2) is 43.1 Å². The Morgan fingerprint density at radius 3 is 2.68 bits per heavy atom. The molecule has 1 saturated heterocycles. The molecule has 0 aromatic heterocycles. The Balaban J connectivity index is 1.51. The zero-order chi connectivity index (χ0) is 17.5. The molecule has 0 saturated carbocycles. The summed E-state index contributed by atoms with van der Waals surface area (Å²) in [5.74, 6) is 1.05. The van der Waals surface area contributed by atoms with Gasteiger partial charge in [-0.05, 0) is 30.0 Å². The van der Waals surface area contributed by atoms with E-state index < -0.39 is 0 Å². The highest BCUT2D eigenvalue weighted by atomic mass is 16.5. The lowest BCUT2D eigenvalue weighted by molar-refractivity contribution is -0.125. The monoisotopic (exact) mass is 338 g/mol. The predicted molar refractivity (Wildman–Crippen MR) is 99.8 cm³/mol. The topological polar surface area (TPSA) is 41.6 Å². The number of amides is 1. The van der Waals surface area contributed by atoms with Gasteiger partial charge in [0.1, 0.15) is 12.4 Å². The summed E-state index contributed by atoms with van der Waals surface area (Å²) in [6.07, 6.45) is 1.82. The molecule has 2 aromatic rings. The molecular formula is C21H26N2O2. The van der Waals surface area contributed by atoms with Crippen molar-refractivity contribution in [3.8, 4) is 5.75 Å². The van der Waals surface area contributed by atoms with Crippen LogP contribution in [-0.2, 0) is 17.6 Å². The third-order valence-corrected chi connectivity index (χ3v) is 4.55. The van der Waals surface area contributed by atoms with Crippen LogP contribution in [0.2, 0.25) is 0 Å². The van der Waals surface area contributed by atoms with Gasteiger partial charge in [-0.1, -0.05) is 55.5 Å². The minimum atomic E-state index is 0.0983. The number of nitrogens with one attached hydrogen (secondary N) is 1. The molecule has 4 heteroatoms. The first kappa shape index (κ1) is 17.5. The Hall–Kier alpha value is -2.33. The van der Waals surface area contributed by atoms with Crippen molar-refractivity contribution < 1.29 is 9.53 Å². The number of hydrogen-bond acceptors (Lipinski definition) is 3. The van der Waals surface area contributed by atoms with E-state index in [-0.39, 0.29) is 11.9 Å². The number of carbonyl (C=O) groups is 1. The summed E-state index contributed by atoms with van der Waals surface area (Å²) in [5, 5.41) is 3.10. The molecule has 0 aliphatic carbocycles. The molecule has 1 fully saturated rings. The van der Waals surface area contributed by atoms with E-state index in [4.69, 9.17) is 4.74 Å². The van der Waals surface area contributed by atoms with E-state index in [9.17, 15) is 4.79 Å². The Kier molecular flexibility index (Phi) is 6.07. The number of nitrogens with zero attached hydrogens (tertiary/aromatic N) is 1. The van der Waals surface area contributed by atoms with Gasteiger partial charge in [0.05, 0.1) is 6.54 Å². The molecule has 1 N–H and O–H groups in total. The van der Waals surface area contributed by atoms with Crippen LogP contribution in [0.5, 0.6) is 5.75 Å². The number of piperazine rings is 1. The third kappa shape index (κ3) is 5.07. The number of hydrogen-bond donors (Lipinski definition) is 1. The normalized spacial score (nSPS) is 18.0. The highest BCUT2D eigenvalue weighted by Gasteiger charge is 2.24. The van der Waals surface area contributed by atoms with Crippen molar-refractivity contribution in [2.24, 2.45) is 0 Å². The van der Waals surface area contributed by atoms with Crippen LogP contribution in [0, 0.1) is 0 Å². The summed E-state index contributed by atoms with van der Waals surface area (Å²) >= 11 is 0. The number of carbonyl (C=O) groups excluding carboxylic acids is 1. The van der Waals surface area contributed by atoms with E-state index in [2.05, 4.69) is 35.3 Å². The SMILES string of the molecule is CCc1ccccc1OCCN1CC(=O)N[C@@H](Cc2ccccc2)C1. The van der Waals surface area contributed by atoms with Crippen LogP contribution in [0.4, 0.5) is 0 Å². The van der Waals surface area contributed by atoms with Gasteiger partial charge in [0.25, 0.3) is 0 Å². The molecule has 0 radical (unpaired) electrons. The largest absolute Gasteiger partial charge is 0.492 e. The van der Waals surface area contributed by atoms with Gasteiger partial charge in [-0.3, -0.25) is 9.69 Å². The molecule has 25 heavy (non-hydrogen) atoms. The highest BCUT2D eigenvalue weighted by molar-refractivity contribution is 5.79. The van der Waals surface area contributed by atoms with E-state index in [0.29, 0.717) is 13.2 Å². The molecule has 1 amide bonds. The molecule has 0 bridgehead atoms. The van der Waals surface area contributed by atoms with Gasteiger partial charge in [-0.25, -0.2) is 0 Å². The van der Waals surface area contributed by atoms with Gasteiger partial charge in [-0.2, -0.15) is 0 Å². The molecule has 4 nitrogen and oxygen atoms in total.